The second-order valence-corrected chi connectivity index (χ2v) is 4.64. The maximum Gasteiger partial charge on any atom is 0.309 e. The van der Waals surface area contributed by atoms with Gasteiger partial charge in [-0.1, -0.05) is 53.0 Å². The Hall–Kier alpha value is -0.790. The molecule has 0 N–H and O–H groups in total. The minimum Gasteiger partial charge on any atom is -0.458 e. The van der Waals surface area contributed by atoms with Crippen LogP contribution in [0.5, 0.6) is 0 Å². The molecule has 2 nitrogen and oxygen atoms in total. The second-order valence-electron chi connectivity index (χ2n) is 4.64. The highest BCUT2D eigenvalue weighted by molar-refractivity contribution is 5.72. The predicted molar refractivity (Wildman–Crippen MR) is 72.9 cm³/mol. The van der Waals surface area contributed by atoms with Crippen molar-refractivity contribution >= 4 is 5.97 Å². The van der Waals surface area contributed by atoms with E-state index < -0.39 is 0 Å². The molecule has 0 fully saturated rings. The molecule has 17 heavy (non-hydrogen) atoms. The van der Waals surface area contributed by atoms with Gasteiger partial charge in [-0.05, 0) is 25.3 Å². The van der Waals surface area contributed by atoms with Gasteiger partial charge in [-0.2, -0.15) is 0 Å². The zero-order valence-corrected chi connectivity index (χ0v) is 11.9. The summed E-state index contributed by atoms with van der Waals surface area (Å²) in [5.41, 5.74) is 0. The van der Waals surface area contributed by atoms with Crippen LogP contribution in [0.1, 0.15) is 66.2 Å². The topological polar surface area (TPSA) is 26.3 Å². The lowest BCUT2D eigenvalue weighted by Crippen LogP contribution is -2.21. The van der Waals surface area contributed by atoms with Crippen molar-refractivity contribution in [1.82, 2.24) is 0 Å². The van der Waals surface area contributed by atoms with E-state index in [-0.39, 0.29) is 18.0 Å². The molecule has 0 saturated carbocycles. The molecule has 0 aliphatic heterocycles. The number of hydrogen-bond donors (Lipinski definition) is 0. The average molecular weight is 240 g/mol. The van der Waals surface area contributed by atoms with Gasteiger partial charge in [-0.3, -0.25) is 4.79 Å². The van der Waals surface area contributed by atoms with Gasteiger partial charge in [-0.25, -0.2) is 0 Å². The Balaban J connectivity index is 4.13. The Morgan fingerprint density at radius 1 is 1.24 bits per heavy atom. The van der Waals surface area contributed by atoms with Crippen molar-refractivity contribution in [1.29, 1.82) is 0 Å². The van der Waals surface area contributed by atoms with Gasteiger partial charge < -0.3 is 4.74 Å². The Labute approximate surface area is 106 Å². The Kier molecular flexibility index (Phi) is 9.89. The van der Waals surface area contributed by atoms with Crippen LogP contribution in [0.2, 0.25) is 0 Å². The lowest BCUT2D eigenvalue weighted by Gasteiger charge is -2.16. The van der Waals surface area contributed by atoms with Crippen LogP contribution < -0.4 is 0 Å². The molecule has 0 aliphatic rings. The van der Waals surface area contributed by atoms with Crippen LogP contribution in [0.3, 0.4) is 0 Å². The van der Waals surface area contributed by atoms with Gasteiger partial charge in [-0.15, -0.1) is 0 Å². The summed E-state index contributed by atoms with van der Waals surface area (Å²) in [5, 5.41) is 0. The van der Waals surface area contributed by atoms with Crippen LogP contribution in [0.15, 0.2) is 12.2 Å². The molecule has 0 rings (SSSR count). The maximum absolute atomic E-state index is 11.7. The van der Waals surface area contributed by atoms with E-state index in [2.05, 4.69) is 26.0 Å². The summed E-state index contributed by atoms with van der Waals surface area (Å²) in [4.78, 5) is 11.7. The molecule has 0 aromatic rings. The second kappa shape index (κ2) is 10.4. The SMILES string of the molecule is CCCC/C=C/C(CCC)OC(=O)C(C)CC. The number of carbonyl (C=O) groups is 1. The number of rotatable bonds is 9. The quantitative estimate of drug-likeness (QED) is 0.337. The summed E-state index contributed by atoms with van der Waals surface area (Å²) in [7, 11) is 0. The van der Waals surface area contributed by atoms with E-state index >= 15 is 0 Å². The normalized spacial score (nSPS) is 14.8. The van der Waals surface area contributed by atoms with Crippen molar-refractivity contribution in [2.75, 3.05) is 0 Å². The molecular weight excluding hydrogens is 212 g/mol. The molecule has 2 unspecified atom stereocenters. The molecule has 100 valence electrons. The highest BCUT2D eigenvalue weighted by atomic mass is 16.5. The van der Waals surface area contributed by atoms with Gasteiger partial charge in [0.25, 0.3) is 0 Å². The molecule has 0 aliphatic carbocycles. The van der Waals surface area contributed by atoms with Crippen LogP contribution in [0.25, 0.3) is 0 Å². The number of ether oxygens (including phenoxy) is 1. The molecule has 0 heterocycles. The number of allylic oxidation sites excluding steroid dienone is 1. The van der Waals surface area contributed by atoms with Gasteiger partial charge in [0.05, 0.1) is 5.92 Å². The van der Waals surface area contributed by atoms with Gasteiger partial charge in [0.2, 0.25) is 0 Å². The highest BCUT2D eigenvalue weighted by Gasteiger charge is 2.15. The molecule has 0 aromatic carbocycles. The molecule has 0 saturated heterocycles. The largest absolute Gasteiger partial charge is 0.458 e. The van der Waals surface area contributed by atoms with Crippen LogP contribution in [-0.4, -0.2) is 12.1 Å². The van der Waals surface area contributed by atoms with Crippen LogP contribution in [0.4, 0.5) is 0 Å². The Morgan fingerprint density at radius 2 is 1.94 bits per heavy atom. The maximum atomic E-state index is 11.7. The summed E-state index contributed by atoms with van der Waals surface area (Å²) in [5.74, 6) is -0.0514. The molecule has 0 radical (unpaired) electrons. The molecule has 0 aromatic heterocycles. The van der Waals surface area contributed by atoms with Crippen molar-refractivity contribution in [3.8, 4) is 0 Å². The summed E-state index contributed by atoms with van der Waals surface area (Å²) in [6, 6.07) is 0. The predicted octanol–water partition coefficient (Wildman–Crippen LogP) is 4.49. The first-order valence-electron chi connectivity index (χ1n) is 7.02. The monoisotopic (exact) mass is 240 g/mol. The third kappa shape index (κ3) is 8.00. The lowest BCUT2D eigenvalue weighted by molar-refractivity contribution is -0.151. The zero-order valence-electron chi connectivity index (χ0n) is 11.9. The Morgan fingerprint density at radius 3 is 2.47 bits per heavy atom. The van der Waals surface area contributed by atoms with E-state index in [0.29, 0.717) is 0 Å². The lowest BCUT2D eigenvalue weighted by atomic mass is 10.1. The third-order valence-electron chi connectivity index (χ3n) is 2.93. The molecule has 2 heteroatoms. The van der Waals surface area contributed by atoms with Gasteiger partial charge >= 0.3 is 5.97 Å². The number of unbranched alkanes of at least 4 members (excludes halogenated alkanes) is 2. The summed E-state index contributed by atoms with van der Waals surface area (Å²) in [6.07, 6.45) is 10.5. The smallest absolute Gasteiger partial charge is 0.309 e. The van der Waals surface area contributed by atoms with E-state index in [1.54, 1.807) is 0 Å². The minimum atomic E-state index is -0.0638. The number of carbonyl (C=O) groups excluding carboxylic acids is 1. The standard InChI is InChI=1S/C15H28O2/c1-5-8-9-10-12-14(11-6-2)17-15(16)13(4)7-3/h10,12-14H,5-9,11H2,1-4H3/b12-10+. The summed E-state index contributed by atoms with van der Waals surface area (Å²) in [6.45, 7) is 8.23. The fraction of sp³-hybridized carbons (Fsp3) is 0.800. The molecule has 0 bridgehead atoms. The first-order chi connectivity index (χ1) is 8.15. The van der Waals surface area contributed by atoms with E-state index in [0.717, 1.165) is 25.7 Å². The van der Waals surface area contributed by atoms with E-state index in [1.165, 1.54) is 12.8 Å². The van der Waals surface area contributed by atoms with E-state index in [1.807, 2.05) is 13.8 Å². The summed E-state index contributed by atoms with van der Waals surface area (Å²) < 4.78 is 5.50. The van der Waals surface area contributed by atoms with Crippen molar-refractivity contribution in [3.63, 3.8) is 0 Å². The van der Waals surface area contributed by atoms with Crippen molar-refractivity contribution < 1.29 is 9.53 Å². The van der Waals surface area contributed by atoms with E-state index in [4.69, 9.17) is 4.74 Å². The minimum absolute atomic E-state index is 0.0124. The molecule has 2 atom stereocenters. The Bertz CT molecular complexity index is 221. The fourth-order valence-corrected chi connectivity index (χ4v) is 1.48. The number of esters is 1. The van der Waals surface area contributed by atoms with Crippen molar-refractivity contribution in [3.05, 3.63) is 12.2 Å². The van der Waals surface area contributed by atoms with Gasteiger partial charge in [0.15, 0.2) is 0 Å². The third-order valence-corrected chi connectivity index (χ3v) is 2.93. The number of hydrogen-bond acceptors (Lipinski definition) is 2. The summed E-state index contributed by atoms with van der Waals surface area (Å²) >= 11 is 0. The average Bonchev–Trinajstić information content (AvgIpc) is 2.33. The van der Waals surface area contributed by atoms with Gasteiger partial charge in [0.1, 0.15) is 6.10 Å². The molecule has 0 amide bonds. The first kappa shape index (κ1) is 16.2. The highest BCUT2D eigenvalue weighted by Crippen LogP contribution is 2.11. The van der Waals surface area contributed by atoms with Crippen molar-refractivity contribution in [2.24, 2.45) is 5.92 Å². The van der Waals surface area contributed by atoms with Crippen LogP contribution >= 0.6 is 0 Å². The first-order valence-corrected chi connectivity index (χ1v) is 7.02. The fourth-order valence-electron chi connectivity index (χ4n) is 1.48. The van der Waals surface area contributed by atoms with Crippen molar-refractivity contribution in [2.45, 2.75) is 72.3 Å². The van der Waals surface area contributed by atoms with Crippen LogP contribution in [0, 0.1) is 5.92 Å². The zero-order chi connectivity index (χ0) is 13.1. The van der Waals surface area contributed by atoms with E-state index in [9.17, 15) is 4.79 Å². The van der Waals surface area contributed by atoms with Crippen LogP contribution in [-0.2, 0) is 9.53 Å². The van der Waals surface area contributed by atoms with Gasteiger partial charge in [0, 0.05) is 0 Å². The molecular formula is C15H28O2. The molecule has 0 spiro atoms.